The smallest absolute Gasteiger partial charge is 0.328 e. The van der Waals surface area contributed by atoms with Gasteiger partial charge in [-0.1, -0.05) is 0 Å². The number of rotatable bonds is 6. The van der Waals surface area contributed by atoms with Gasteiger partial charge in [0, 0.05) is 36.0 Å². The number of piperidine rings is 2. The van der Waals surface area contributed by atoms with E-state index in [2.05, 4.69) is 9.98 Å². The monoisotopic (exact) mass is 600 g/mol. The van der Waals surface area contributed by atoms with Crippen LogP contribution in [0.2, 0.25) is 0 Å². The van der Waals surface area contributed by atoms with Crippen molar-refractivity contribution in [2.24, 2.45) is 15.4 Å². The van der Waals surface area contributed by atoms with E-state index in [1.165, 1.54) is 13.8 Å². The number of hydrogen-bond donors (Lipinski definition) is 2. The molecule has 3 aliphatic rings. The minimum Gasteiger partial charge on any atom is -0.333 e. The summed E-state index contributed by atoms with van der Waals surface area (Å²) >= 11 is 0. The Kier molecular flexibility index (Phi) is 8.67. The Balaban J connectivity index is 2.20. The maximum atomic E-state index is 13.6. The first kappa shape index (κ1) is 33.7. The summed E-state index contributed by atoms with van der Waals surface area (Å²) < 4.78 is 0. The molecule has 0 unspecified atom stereocenters. The molecule has 0 atom stereocenters. The first-order valence-corrected chi connectivity index (χ1v) is 14.4. The second-order valence-corrected chi connectivity index (χ2v) is 14.3. The van der Waals surface area contributed by atoms with Crippen LogP contribution < -0.4 is 10.6 Å². The van der Waals surface area contributed by atoms with Crippen LogP contribution in [0.5, 0.6) is 0 Å². The molecule has 236 valence electrons. The van der Waals surface area contributed by atoms with Crippen LogP contribution in [0, 0.1) is 5.41 Å². The SMILES string of the molecule is CC(=O)N1C(C)(C)CC(N=C(C=O)C2(C(C=O)=NC3CC(C)(C)N(C(C)=O)C(C)(C)C3)C(=O)NC(=O)NC2=O)CC1(C)C. The zero-order chi connectivity index (χ0) is 32.9. The van der Waals surface area contributed by atoms with Crippen LogP contribution in [0.3, 0.4) is 0 Å². The van der Waals surface area contributed by atoms with E-state index in [1.54, 1.807) is 9.80 Å². The third kappa shape index (κ3) is 5.90. The fourth-order valence-corrected chi connectivity index (χ4v) is 8.29. The Morgan fingerprint density at radius 1 is 0.651 bits per heavy atom. The van der Waals surface area contributed by atoms with Crippen molar-refractivity contribution in [1.29, 1.82) is 0 Å². The summed E-state index contributed by atoms with van der Waals surface area (Å²) in [6.07, 6.45) is 1.68. The fraction of sp³-hybridized carbons (Fsp3) is 0.700. The Hall–Kier alpha value is -3.77. The van der Waals surface area contributed by atoms with Crippen LogP contribution in [-0.2, 0) is 28.8 Å². The molecule has 2 N–H and O–H groups in total. The molecular weight excluding hydrogens is 556 g/mol. The van der Waals surface area contributed by atoms with Gasteiger partial charge in [-0.2, -0.15) is 0 Å². The van der Waals surface area contributed by atoms with Gasteiger partial charge in [-0.3, -0.25) is 49.4 Å². The molecule has 0 radical (unpaired) electrons. The highest BCUT2D eigenvalue weighted by molar-refractivity contribution is 6.61. The van der Waals surface area contributed by atoms with Gasteiger partial charge in [0.05, 0.1) is 12.1 Å². The summed E-state index contributed by atoms with van der Waals surface area (Å²) in [5.74, 6) is -2.69. The lowest BCUT2D eigenvalue weighted by molar-refractivity contribution is -0.148. The van der Waals surface area contributed by atoms with Gasteiger partial charge in [0.15, 0.2) is 12.6 Å². The number of barbiturate groups is 1. The number of amides is 6. The number of carbonyl (C=O) groups is 7. The van der Waals surface area contributed by atoms with Crippen LogP contribution >= 0.6 is 0 Å². The summed E-state index contributed by atoms with van der Waals surface area (Å²) in [6, 6.07) is -2.35. The molecule has 3 fully saturated rings. The van der Waals surface area contributed by atoms with Crippen LogP contribution in [0.1, 0.15) is 94.9 Å². The normalized spacial score (nSPS) is 25.5. The lowest BCUT2D eigenvalue weighted by Gasteiger charge is -2.54. The third-order valence-electron chi connectivity index (χ3n) is 8.76. The van der Waals surface area contributed by atoms with E-state index >= 15 is 0 Å². The van der Waals surface area contributed by atoms with Crippen molar-refractivity contribution < 1.29 is 33.6 Å². The Bertz CT molecular complexity index is 1190. The van der Waals surface area contributed by atoms with Crippen LogP contribution in [0.25, 0.3) is 0 Å². The van der Waals surface area contributed by atoms with Crippen molar-refractivity contribution in [3.8, 4) is 0 Å². The summed E-state index contributed by atoms with van der Waals surface area (Å²) in [4.78, 5) is 103. The van der Waals surface area contributed by atoms with Crippen molar-refractivity contribution in [2.45, 2.75) is 129 Å². The maximum absolute atomic E-state index is 13.6. The predicted octanol–water partition coefficient (Wildman–Crippen LogP) is 1.75. The standard InChI is InChI=1S/C30H44N6O7/c1-17(39)35-26(3,4)11-19(12-27(35,5)6)31-21(15-37)30(23(41)33-25(43)34-24(30)42)22(16-38)32-20-13-28(7,8)36(18(2)40)29(9,10)14-20/h15-16,19-20H,11-14H2,1-10H3,(H2,33,34,41,42,43). The van der Waals surface area contributed by atoms with E-state index in [9.17, 15) is 33.6 Å². The number of nitrogens with one attached hydrogen (secondary N) is 2. The zero-order valence-electron chi connectivity index (χ0n) is 26.8. The van der Waals surface area contributed by atoms with Crippen molar-refractivity contribution in [1.82, 2.24) is 20.4 Å². The molecule has 3 aliphatic heterocycles. The van der Waals surface area contributed by atoms with E-state index in [1.807, 2.05) is 66.0 Å². The number of urea groups is 1. The highest BCUT2D eigenvalue weighted by Crippen LogP contribution is 2.42. The number of hydrogen-bond acceptors (Lipinski definition) is 9. The van der Waals surface area contributed by atoms with Crippen molar-refractivity contribution in [3.05, 3.63) is 0 Å². The quantitative estimate of drug-likeness (QED) is 0.265. The number of aliphatic imine (C=N–C) groups is 2. The number of imide groups is 2. The summed E-state index contributed by atoms with van der Waals surface area (Å²) in [5.41, 5.74) is -6.53. The average molecular weight is 601 g/mol. The summed E-state index contributed by atoms with van der Waals surface area (Å²) in [6.45, 7) is 17.9. The first-order valence-electron chi connectivity index (χ1n) is 14.4. The molecule has 3 saturated heterocycles. The molecule has 0 aliphatic carbocycles. The Morgan fingerprint density at radius 2 is 0.930 bits per heavy atom. The van der Waals surface area contributed by atoms with Crippen LogP contribution in [0.4, 0.5) is 4.79 Å². The van der Waals surface area contributed by atoms with E-state index in [0.29, 0.717) is 25.7 Å². The topological polar surface area (TPSA) is 175 Å². The average Bonchev–Trinajstić information content (AvgIpc) is 2.77. The van der Waals surface area contributed by atoms with Gasteiger partial charge in [0.1, 0.15) is 11.4 Å². The molecular formula is C30H44N6O7. The second-order valence-electron chi connectivity index (χ2n) is 14.3. The number of carbonyl (C=O) groups excluding carboxylic acids is 7. The fourth-order valence-electron chi connectivity index (χ4n) is 8.29. The first-order chi connectivity index (χ1) is 19.6. The van der Waals surface area contributed by atoms with Crippen molar-refractivity contribution >= 4 is 53.7 Å². The van der Waals surface area contributed by atoms with Gasteiger partial charge in [-0.15, -0.1) is 0 Å². The molecule has 3 rings (SSSR count). The Morgan fingerprint density at radius 3 is 1.16 bits per heavy atom. The molecule has 3 heterocycles. The van der Waals surface area contributed by atoms with Gasteiger partial charge in [-0.25, -0.2) is 4.79 Å². The van der Waals surface area contributed by atoms with Crippen molar-refractivity contribution in [3.63, 3.8) is 0 Å². The van der Waals surface area contributed by atoms with E-state index < -0.39 is 68.9 Å². The zero-order valence-corrected chi connectivity index (χ0v) is 26.8. The predicted molar refractivity (Wildman–Crippen MR) is 159 cm³/mol. The summed E-state index contributed by atoms with van der Waals surface area (Å²) in [7, 11) is 0. The molecule has 43 heavy (non-hydrogen) atoms. The van der Waals surface area contributed by atoms with Gasteiger partial charge in [-0.05, 0) is 81.1 Å². The lowest BCUT2D eigenvalue weighted by Crippen LogP contribution is -2.69. The third-order valence-corrected chi connectivity index (χ3v) is 8.76. The number of likely N-dealkylation sites (tertiary alicyclic amines) is 2. The molecule has 0 saturated carbocycles. The van der Waals surface area contributed by atoms with Crippen LogP contribution in [0.15, 0.2) is 9.98 Å². The van der Waals surface area contributed by atoms with E-state index in [-0.39, 0.29) is 24.4 Å². The van der Waals surface area contributed by atoms with Crippen LogP contribution in [-0.4, -0.2) is 97.7 Å². The number of aldehydes is 2. The van der Waals surface area contributed by atoms with Gasteiger partial charge in [0.25, 0.3) is 11.8 Å². The molecule has 0 bridgehead atoms. The molecule has 0 spiro atoms. The minimum absolute atomic E-state index is 0.133. The summed E-state index contributed by atoms with van der Waals surface area (Å²) in [5, 5.41) is 4.04. The minimum atomic E-state index is -2.63. The highest BCUT2D eigenvalue weighted by Gasteiger charge is 2.60. The molecule has 6 amide bonds. The largest absolute Gasteiger partial charge is 0.333 e. The molecule has 0 aromatic heterocycles. The molecule has 0 aromatic carbocycles. The lowest BCUT2D eigenvalue weighted by atomic mass is 9.73. The highest BCUT2D eigenvalue weighted by atomic mass is 16.2. The molecule has 0 aromatic rings. The second kappa shape index (κ2) is 11.1. The van der Waals surface area contributed by atoms with Gasteiger partial charge >= 0.3 is 6.03 Å². The maximum Gasteiger partial charge on any atom is 0.328 e. The molecule has 13 heteroatoms. The van der Waals surface area contributed by atoms with Crippen molar-refractivity contribution in [2.75, 3.05) is 0 Å². The Labute approximate surface area is 252 Å². The number of nitrogens with zero attached hydrogens (tertiary/aromatic N) is 4. The van der Waals surface area contributed by atoms with Gasteiger partial charge in [0.2, 0.25) is 17.2 Å². The van der Waals surface area contributed by atoms with Gasteiger partial charge < -0.3 is 9.80 Å². The molecule has 13 nitrogen and oxygen atoms in total. The van der Waals surface area contributed by atoms with E-state index in [4.69, 9.17) is 0 Å². The van der Waals surface area contributed by atoms with E-state index in [0.717, 1.165) is 0 Å².